The van der Waals surface area contributed by atoms with Gasteiger partial charge < -0.3 is 0 Å². The van der Waals surface area contributed by atoms with Crippen molar-refractivity contribution in [3.8, 4) is 0 Å². The summed E-state index contributed by atoms with van der Waals surface area (Å²) in [5, 5.41) is 1.19. The molecule has 3 aromatic carbocycles. The molecular formula is C21H15Cl2N3O4S2. The number of pyridine rings is 1. The molecule has 4 aromatic rings. The first-order valence-electron chi connectivity index (χ1n) is 9.10. The molecule has 32 heavy (non-hydrogen) atoms. The Hall–Kier alpha value is -2.85. The summed E-state index contributed by atoms with van der Waals surface area (Å²) in [6, 6.07) is 18.0. The van der Waals surface area contributed by atoms with E-state index < -0.39 is 20.0 Å². The lowest BCUT2D eigenvalue weighted by Gasteiger charge is -2.12. The van der Waals surface area contributed by atoms with Crippen molar-refractivity contribution in [1.82, 2.24) is 4.98 Å². The van der Waals surface area contributed by atoms with E-state index in [1.165, 1.54) is 54.7 Å². The predicted molar refractivity (Wildman–Crippen MR) is 126 cm³/mol. The maximum absolute atomic E-state index is 12.9. The summed E-state index contributed by atoms with van der Waals surface area (Å²) >= 11 is 11.8. The fraction of sp³-hybridized carbons (Fsp3) is 0. The molecule has 1 aromatic heterocycles. The summed E-state index contributed by atoms with van der Waals surface area (Å²) in [6.07, 6.45) is 1.52. The maximum atomic E-state index is 12.9. The average molecular weight is 508 g/mol. The molecule has 0 aliphatic rings. The van der Waals surface area contributed by atoms with Gasteiger partial charge in [-0.15, -0.1) is 0 Å². The van der Waals surface area contributed by atoms with Crippen LogP contribution in [0.3, 0.4) is 0 Å². The maximum Gasteiger partial charge on any atom is 0.264 e. The van der Waals surface area contributed by atoms with Gasteiger partial charge >= 0.3 is 0 Å². The van der Waals surface area contributed by atoms with Gasteiger partial charge in [-0.25, -0.2) is 16.8 Å². The Kier molecular flexibility index (Phi) is 6.00. The lowest BCUT2D eigenvalue weighted by molar-refractivity contribution is 0.600. The Morgan fingerprint density at radius 3 is 2.06 bits per heavy atom. The number of para-hydroxylation sites is 1. The van der Waals surface area contributed by atoms with Crippen molar-refractivity contribution >= 4 is 65.5 Å². The lowest BCUT2D eigenvalue weighted by Crippen LogP contribution is -2.15. The van der Waals surface area contributed by atoms with E-state index in [9.17, 15) is 16.8 Å². The number of benzene rings is 3. The first-order valence-corrected chi connectivity index (χ1v) is 12.8. The molecule has 0 fully saturated rings. The molecule has 164 valence electrons. The molecule has 0 unspecified atom stereocenters. The molecule has 7 nitrogen and oxygen atoms in total. The fourth-order valence-electron chi connectivity index (χ4n) is 2.98. The van der Waals surface area contributed by atoms with E-state index in [4.69, 9.17) is 23.2 Å². The molecule has 0 saturated carbocycles. The number of hydrogen-bond acceptors (Lipinski definition) is 5. The van der Waals surface area contributed by atoms with Crippen molar-refractivity contribution in [2.75, 3.05) is 9.44 Å². The Bertz CT molecular complexity index is 1520. The zero-order chi connectivity index (χ0) is 22.9. The second-order valence-corrected chi connectivity index (χ2v) is 10.8. The highest BCUT2D eigenvalue weighted by atomic mass is 35.5. The van der Waals surface area contributed by atoms with Crippen LogP contribution >= 0.6 is 23.2 Å². The van der Waals surface area contributed by atoms with E-state index in [0.29, 0.717) is 15.9 Å². The number of rotatable bonds is 6. The molecule has 0 radical (unpaired) electrons. The van der Waals surface area contributed by atoms with Crippen molar-refractivity contribution in [3.63, 3.8) is 0 Å². The van der Waals surface area contributed by atoms with Crippen LogP contribution in [-0.4, -0.2) is 21.8 Å². The number of hydrogen-bond donors (Lipinski definition) is 2. The molecule has 0 aliphatic heterocycles. The summed E-state index contributed by atoms with van der Waals surface area (Å²) < 4.78 is 55.9. The van der Waals surface area contributed by atoms with Gasteiger partial charge in [-0.2, -0.15) is 0 Å². The molecule has 0 saturated heterocycles. The van der Waals surface area contributed by atoms with Crippen molar-refractivity contribution < 1.29 is 16.8 Å². The minimum Gasteiger partial charge on any atom is -0.280 e. The van der Waals surface area contributed by atoms with E-state index in [1.54, 1.807) is 24.3 Å². The molecule has 0 amide bonds. The van der Waals surface area contributed by atoms with E-state index in [1.807, 2.05) is 0 Å². The number of sulfonamides is 2. The van der Waals surface area contributed by atoms with Gasteiger partial charge in [0.1, 0.15) is 4.90 Å². The van der Waals surface area contributed by atoms with Gasteiger partial charge in [-0.05, 0) is 54.6 Å². The van der Waals surface area contributed by atoms with Crippen LogP contribution in [-0.2, 0) is 20.0 Å². The Morgan fingerprint density at radius 1 is 0.688 bits per heavy atom. The molecule has 2 N–H and O–H groups in total. The summed E-state index contributed by atoms with van der Waals surface area (Å²) in [5.74, 6) is 0. The standard InChI is InChI=1S/C21H15Cl2N3O4S2/c22-18-11-8-16(13-19(18)23)26-31(27,28)17-9-6-15(7-10-17)25-32(29,30)20-5-1-3-14-4-2-12-24-21(14)20/h1-13,25-26H. The molecule has 1 heterocycles. The van der Waals surface area contributed by atoms with Crippen molar-refractivity contribution in [2.24, 2.45) is 0 Å². The fourth-order valence-corrected chi connectivity index (χ4v) is 5.57. The van der Waals surface area contributed by atoms with E-state index >= 15 is 0 Å². The monoisotopic (exact) mass is 507 g/mol. The predicted octanol–water partition coefficient (Wildman–Crippen LogP) is 5.14. The summed E-state index contributed by atoms with van der Waals surface area (Å²) in [7, 11) is -7.87. The molecule has 11 heteroatoms. The van der Waals surface area contributed by atoms with Gasteiger partial charge in [-0.1, -0.05) is 41.4 Å². The number of halogens is 2. The smallest absolute Gasteiger partial charge is 0.264 e. The molecule has 0 aliphatic carbocycles. The minimum atomic E-state index is -3.95. The highest BCUT2D eigenvalue weighted by molar-refractivity contribution is 7.93. The van der Waals surface area contributed by atoms with Crippen LogP contribution in [0.15, 0.2) is 88.8 Å². The van der Waals surface area contributed by atoms with Crippen LogP contribution in [0, 0.1) is 0 Å². The second kappa shape index (κ2) is 8.59. The van der Waals surface area contributed by atoms with Gasteiger partial charge in [0.2, 0.25) is 0 Å². The molecular weight excluding hydrogens is 493 g/mol. The Balaban J connectivity index is 1.57. The van der Waals surface area contributed by atoms with Crippen LogP contribution in [0.1, 0.15) is 0 Å². The number of anilines is 2. The highest BCUT2D eigenvalue weighted by Gasteiger charge is 2.19. The van der Waals surface area contributed by atoms with Gasteiger partial charge in [0, 0.05) is 17.3 Å². The van der Waals surface area contributed by atoms with Crippen LogP contribution in [0.5, 0.6) is 0 Å². The van der Waals surface area contributed by atoms with Crippen LogP contribution in [0.2, 0.25) is 10.0 Å². The zero-order valence-electron chi connectivity index (χ0n) is 16.2. The molecule has 0 atom stereocenters. The molecule has 4 rings (SSSR count). The first-order chi connectivity index (χ1) is 15.2. The van der Waals surface area contributed by atoms with Gasteiger partial charge in [-0.3, -0.25) is 14.4 Å². The third-order valence-corrected chi connectivity index (χ3v) is 8.02. The van der Waals surface area contributed by atoms with Crippen molar-refractivity contribution in [1.29, 1.82) is 0 Å². The van der Waals surface area contributed by atoms with Gasteiger partial charge in [0.15, 0.2) is 0 Å². The quantitative estimate of drug-likeness (QED) is 0.375. The first kappa shape index (κ1) is 22.3. The van der Waals surface area contributed by atoms with Crippen LogP contribution in [0.4, 0.5) is 11.4 Å². The molecule has 0 bridgehead atoms. The lowest BCUT2D eigenvalue weighted by atomic mass is 10.2. The third-order valence-electron chi connectivity index (χ3n) is 4.47. The summed E-state index contributed by atoms with van der Waals surface area (Å²) in [5.41, 5.74) is 0.784. The third kappa shape index (κ3) is 4.66. The Morgan fingerprint density at radius 2 is 1.34 bits per heavy atom. The number of nitrogens with zero attached hydrogens (tertiary/aromatic N) is 1. The number of fused-ring (bicyclic) bond motifs is 1. The average Bonchev–Trinajstić information content (AvgIpc) is 2.76. The number of nitrogens with one attached hydrogen (secondary N) is 2. The Labute approximate surface area is 195 Å². The van der Waals surface area contributed by atoms with Crippen LogP contribution < -0.4 is 9.44 Å². The zero-order valence-corrected chi connectivity index (χ0v) is 19.3. The topological polar surface area (TPSA) is 105 Å². The van der Waals surface area contributed by atoms with Crippen LogP contribution in [0.25, 0.3) is 10.9 Å². The number of aromatic nitrogens is 1. The molecule has 0 spiro atoms. The highest BCUT2D eigenvalue weighted by Crippen LogP contribution is 2.27. The SMILES string of the molecule is O=S(=O)(Nc1ccc(Cl)c(Cl)c1)c1ccc(NS(=O)(=O)c2cccc3cccnc23)cc1. The van der Waals surface area contributed by atoms with E-state index in [0.717, 1.165) is 0 Å². The van der Waals surface area contributed by atoms with Crippen molar-refractivity contribution in [2.45, 2.75) is 9.79 Å². The van der Waals surface area contributed by atoms with E-state index in [2.05, 4.69) is 14.4 Å². The van der Waals surface area contributed by atoms with Gasteiger partial charge in [0.25, 0.3) is 20.0 Å². The summed E-state index contributed by atoms with van der Waals surface area (Å²) in [4.78, 5) is 4.13. The van der Waals surface area contributed by atoms with E-state index in [-0.39, 0.29) is 26.2 Å². The van der Waals surface area contributed by atoms with Gasteiger partial charge in [0.05, 0.1) is 26.1 Å². The summed E-state index contributed by atoms with van der Waals surface area (Å²) in [6.45, 7) is 0. The largest absolute Gasteiger partial charge is 0.280 e. The normalized spacial score (nSPS) is 11.9. The van der Waals surface area contributed by atoms with Crippen molar-refractivity contribution in [3.05, 3.63) is 89.0 Å². The minimum absolute atomic E-state index is 0.0218. The second-order valence-electron chi connectivity index (χ2n) is 6.70.